The molecule has 0 amide bonds. The van der Waals surface area contributed by atoms with E-state index < -0.39 is 0 Å². The van der Waals surface area contributed by atoms with Crippen LogP contribution in [-0.2, 0) is 6.54 Å². The first-order valence-corrected chi connectivity index (χ1v) is 7.61. The molecule has 0 saturated heterocycles. The van der Waals surface area contributed by atoms with E-state index in [9.17, 15) is 0 Å². The molecular weight excluding hydrogens is 238 g/mol. The lowest BCUT2D eigenvalue weighted by molar-refractivity contribution is 0.620. The van der Waals surface area contributed by atoms with Gasteiger partial charge in [0.1, 0.15) is 0 Å². The largest absolute Gasteiger partial charge is 0.312 e. The van der Waals surface area contributed by atoms with Gasteiger partial charge < -0.3 is 5.32 Å². The average molecular weight is 259 g/mol. The standard InChI is InChI=1S/C16H21NS/c1-2-3-7-10-17-12-16-11-15(13-18-16)14-8-5-4-6-9-14/h4-6,8-9,11,13,17H,2-3,7,10,12H2,1H3. The molecule has 0 saturated carbocycles. The average Bonchev–Trinajstić information content (AvgIpc) is 2.88. The molecule has 1 aromatic carbocycles. The van der Waals surface area contributed by atoms with E-state index in [1.165, 1.54) is 35.3 Å². The van der Waals surface area contributed by atoms with Gasteiger partial charge in [0.25, 0.3) is 0 Å². The van der Waals surface area contributed by atoms with Crippen LogP contribution in [0.2, 0.25) is 0 Å². The van der Waals surface area contributed by atoms with Crippen molar-refractivity contribution >= 4 is 11.3 Å². The second-order valence-corrected chi connectivity index (χ2v) is 5.55. The van der Waals surface area contributed by atoms with E-state index in [1.54, 1.807) is 0 Å². The fraction of sp³-hybridized carbons (Fsp3) is 0.375. The molecule has 0 fully saturated rings. The molecule has 1 aromatic heterocycles. The van der Waals surface area contributed by atoms with Gasteiger partial charge in [-0.1, -0.05) is 50.1 Å². The highest BCUT2D eigenvalue weighted by Crippen LogP contribution is 2.25. The fourth-order valence-electron chi connectivity index (χ4n) is 1.97. The van der Waals surface area contributed by atoms with Crippen LogP contribution in [0.5, 0.6) is 0 Å². The van der Waals surface area contributed by atoms with Gasteiger partial charge in [-0.15, -0.1) is 11.3 Å². The number of thiophene rings is 1. The van der Waals surface area contributed by atoms with E-state index in [1.807, 2.05) is 11.3 Å². The summed E-state index contributed by atoms with van der Waals surface area (Å²) in [5.74, 6) is 0. The van der Waals surface area contributed by atoms with Crippen LogP contribution in [0.25, 0.3) is 11.1 Å². The van der Waals surface area contributed by atoms with Gasteiger partial charge in [0, 0.05) is 11.4 Å². The lowest BCUT2D eigenvalue weighted by atomic mass is 10.1. The molecule has 1 nitrogen and oxygen atoms in total. The van der Waals surface area contributed by atoms with Gasteiger partial charge in [-0.2, -0.15) is 0 Å². The van der Waals surface area contributed by atoms with Crippen LogP contribution in [0.4, 0.5) is 0 Å². The van der Waals surface area contributed by atoms with Crippen LogP contribution in [0, 0.1) is 0 Å². The molecule has 96 valence electrons. The Kier molecular flexibility index (Phi) is 5.43. The van der Waals surface area contributed by atoms with Gasteiger partial charge in [-0.05, 0) is 35.5 Å². The Labute approximate surface area is 114 Å². The molecule has 0 spiro atoms. The van der Waals surface area contributed by atoms with Gasteiger partial charge in [-0.25, -0.2) is 0 Å². The molecule has 1 N–H and O–H groups in total. The predicted octanol–water partition coefficient (Wildman–Crippen LogP) is 4.69. The van der Waals surface area contributed by atoms with Crippen LogP contribution in [0.3, 0.4) is 0 Å². The molecule has 2 aromatic rings. The van der Waals surface area contributed by atoms with E-state index in [-0.39, 0.29) is 0 Å². The van der Waals surface area contributed by atoms with Crippen molar-refractivity contribution in [1.82, 2.24) is 5.32 Å². The van der Waals surface area contributed by atoms with E-state index >= 15 is 0 Å². The van der Waals surface area contributed by atoms with Gasteiger partial charge in [0.05, 0.1) is 0 Å². The number of benzene rings is 1. The number of rotatable bonds is 7. The Morgan fingerprint density at radius 3 is 2.67 bits per heavy atom. The predicted molar refractivity (Wildman–Crippen MR) is 81.0 cm³/mol. The van der Waals surface area contributed by atoms with Crippen LogP contribution in [0.1, 0.15) is 31.1 Å². The van der Waals surface area contributed by atoms with Crippen molar-refractivity contribution in [2.45, 2.75) is 32.7 Å². The highest BCUT2D eigenvalue weighted by atomic mass is 32.1. The molecule has 0 aliphatic carbocycles. The highest BCUT2D eigenvalue weighted by Gasteiger charge is 2.01. The Morgan fingerprint density at radius 2 is 1.89 bits per heavy atom. The minimum atomic E-state index is 1.00. The second-order valence-electron chi connectivity index (χ2n) is 4.55. The van der Waals surface area contributed by atoms with Crippen molar-refractivity contribution in [3.63, 3.8) is 0 Å². The summed E-state index contributed by atoms with van der Waals surface area (Å²) < 4.78 is 0. The van der Waals surface area contributed by atoms with Crippen LogP contribution >= 0.6 is 11.3 Å². The van der Waals surface area contributed by atoms with E-state index in [2.05, 4.69) is 54.0 Å². The molecular formula is C16H21NS. The lowest BCUT2D eigenvalue weighted by Gasteiger charge is -2.01. The normalized spacial score (nSPS) is 10.7. The molecule has 0 aliphatic rings. The maximum atomic E-state index is 3.51. The number of hydrogen-bond acceptors (Lipinski definition) is 2. The topological polar surface area (TPSA) is 12.0 Å². The van der Waals surface area contributed by atoms with Crippen molar-refractivity contribution in [2.75, 3.05) is 6.54 Å². The number of hydrogen-bond donors (Lipinski definition) is 1. The first-order chi connectivity index (χ1) is 8.90. The molecule has 0 aliphatic heterocycles. The summed E-state index contributed by atoms with van der Waals surface area (Å²) in [7, 11) is 0. The van der Waals surface area contributed by atoms with E-state index in [0.717, 1.165) is 13.1 Å². The van der Waals surface area contributed by atoms with Crippen molar-refractivity contribution in [3.8, 4) is 11.1 Å². The van der Waals surface area contributed by atoms with Gasteiger partial charge in [0.15, 0.2) is 0 Å². The maximum Gasteiger partial charge on any atom is 0.0299 e. The van der Waals surface area contributed by atoms with Crippen molar-refractivity contribution < 1.29 is 0 Å². The molecule has 0 bridgehead atoms. The van der Waals surface area contributed by atoms with E-state index in [4.69, 9.17) is 0 Å². The summed E-state index contributed by atoms with van der Waals surface area (Å²) in [4.78, 5) is 1.42. The Bertz CT molecular complexity index is 447. The maximum absolute atomic E-state index is 3.51. The lowest BCUT2D eigenvalue weighted by Crippen LogP contribution is -2.13. The quantitative estimate of drug-likeness (QED) is 0.711. The number of unbranched alkanes of at least 4 members (excludes halogenated alkanes) is 2. The molecule has 0 atom stereocenters. The summed E-state index contributed by atoms with van der Waals surface area (Å²) in [6, 6.07) is 12.9. The first kappa shape index (κ1) is 13.3. The van der Waals surface area contributed by atoms with Crippen molar-refractivity contribution in [1.29, 1.82) is 0 Å². The minimum absolute atomic E-state index is 1.00. The zero-order valence-corrected chi connectivity index (χ0v) is 11.8. The second kappa shape index (κ2) is 7.34. The van der Waals surface area contributed by atoms with Crippen molar-refractivity contribution in [2.24, 2.45) is 0 Å². The summed E-state index contributed by atoms with van der Waals surface area (Å²) >= 11 is 1.85. The summed E-state index contributed by atoms with van der Waals surface area (Å²) in [6.07, 6.45) is 3.90. The van der Waals surface area contributed by atoms with Gasteiger partial charge in [0.2, 0.25) is 0 Å². The van der Waals surface area contributed by atoms with Crippen molar-refractivity contribution in [3.05, 3.63) is 46.7 Å². The van der Waals surface area contributed by atoms with Crippen LogP contribution in [0.15, 0.2) is 41.8 Å². The molecule has 2 rings (SSSR count). The molecule has 0 unspecified atom stereocenters. The fourth-order valence-corrected chi connectivity index (χ4v) is 2.83. The monoisotopic (exact) mass is 259 g/mol. The van der Waals surface area contributed by atoms with Crippen LogP contribution < -0.4 is 5.32 Å². The first-order valence-electron chi connectivity index (χ1n) is 6.73. The third kappa shape index (κ3) is 3.97. The molecule has 2 heteroatoms. The summed E-state index contributed by atoms with van der Waals surface area (Å²) in [6.45, 7) is 4.37. The molecule has 0 radical (unpaired) electrons. The molecule has 1 heterocycles. The third-order valence-corrected chi connectivity index (χ3v) is 3.95. The van der Waals surface area contributed by atoms with Gasteiger partial charge in [-0.3, -0.25) is 0 Å². The number of nitrogens with one attached hydrogen (secondary N) is 1. The Hall–Kier alpha value is -1.12. The smallest absolute Gasteiger partial charge is 0.0299 e. The highest BCUT2D eigenvalue weighted by molar-refractivity contribution is 7.10. The van der Waals surface area contributed by atoms with Crippen LogP contribution in [-0.4, -0.2) is 6.54 Å². The van der Waals surface area contributed by atoms with E-state index in [0.29, 0.717) is 0 Å². The Morgan fingerprint density at radius 1 is 1.06 bits per heavy atom. The Balaban J connectivity index is 1.83. The SMILES string of the molecule is CCCCCNCc1cc(-c2ccccc2)cs1. The van der Waals surface area contributed by atoms with Gasteiger partial charge >= 0.3 is 0 Å². The molecule has 18 heavy (non-hydrogen) atoms. The third-order valence-electron chi connectivity index (χ3n) is 3.02. The zero-order chi connectivity index (χ0) is 12.6. The zero-order valence-electron chi connectivity index (χ0n) is 11.0. The summed E-state index contributed by atoms with van der Waals surface area (Å²) in [5.41, 5.74) is 2.65. The minimum Gasteiger partial charge on any atom is -0.312 e. The summed E-state index contributed by atoms with van der Waals surface area (Å²) in [5, 5.41) is 5.76.